The molecule has 0 saturated heterocycles. The van der Waals surface area contributed by atoms with Crippen molar-refractivity contribution in [2.24, 2.45) is 0 Å². The average Bonchev–Trinajstić information content (AvgIpc) is 2.87. The highest BCUT2D eigenvalue weighted by molar-refractivity contribution is 6.02. The zero-order valence-corrected chi connectivity index (χ0v) is 11.1. The van der Waals surface area contributed by atoms with Crippen LogP contribution in [-0.4, -0.2) is 26.6 Å². The lowest BCUT2D eigenvalue weighted by Crippen LogP contribution is -2.12. The third-order valence-corrected chi connectivity index (χ3v) is 3.25. The van der Waals surface area contributed by atoms with E-state index in [1.807, 2.05) is 6.07 Å². The van der Waals surface area contributed by atoms with Gasteiger partial charge in [0, 0.05) is 10.9 Å². The van der Waals surface area contributed by atoms with E-state index in [4.69, 9.17) is 0 Å². The van der Waals surface area contributed by atoms with Crippen molar-refractivity contribution in [3.8, 4) is 0 Å². The fourth-order valence-electron chi connectivity index (χ4n) is 2.26. The monoisotopic (exact) mass is 280 g/mol. The molecule has 0 aliphatic rings. The van der Waals surface area contributed by atoms with Crippen LogP contribution in [0.5, 0.6) is 0 Å². The highest BCUT2D eigenvalue weighted by Crippen LogP contribution is 2.19. The molecule has 3 rings (SSSR count). The van der Waals surface area contributed by atoms with Crippen molar-refractivity contribution in [2.75, 3.05) is 0 Å². The normalized spacial score (nSPS) is 10.7. The number of aromatic nitrogens is 2. The fourth-order valence-corrected chi connectivity index (χ4v) is 2.26. The Bertz CT molecular complexity index is 822. The summed E-state index contributed by atoms with van der Waals surface area (Å²) in [6.45, 7) is 0.0117. The zero-order chi connectivity index (χ0) is 14.8. The third-order valence-electron chi connectivity index (χ3n) is 3.25. The molecule has 1 heterocycles. The second kappa shape index (κ2) is 5.20. The second-order valence-electron chi connectivity index (χ2n) is 4.62. The van der Waals surface area contributed by atoms with Crippen LogP contribution >= 0.6 is 0 Å². The van der Waals surface area contributed by atoms with E-state index >= 15 is 0 Å². The highest BCUT2D eigenvalue weighted by atomic mass is 16.4. The number of fused-ring (bicyclic) bond motifs is 1. The molecule has 0 bridgehead atoms. The molecule has 21 heavy (non-hydrogen) atoms. The van der Waals surface area contributed by atoms with Crippen LogP contribution in [0.3, 0.4) is 0 Å². The van der Waals surface area contributed by atoms with Crippen molar-refractivity contribution in [3.05, 3.63) is 65.9 Å². The molecule has 0 aliphatic carbocycles. The molecule has 5 heteroatoms. The van der Waals surface area contributed by atoms with Crippen molar-refractivity contribution in [1.82, 2.24) is 9.78 Å². The number of hydrogen-bond donors (Lipinski definition) is 1. The molecule has 0 radical (unpaired) electrons. The number of aromatic carboxylic acids is 1. The van der Waals surface area contributed by atoms with E-state index in [0.717, 1.165) is 0 Å². The largest absolute Gasteiger partial charge is 0.476 e. The molecule has 0 amide bonds. The average molecular weight is 280 g/mol. The number of benzene rings is 2. The Morgan fingerprint density at radius 3 is 2.38 bits per heavy atom. The summed E-state index contributed by atoms with van der Waals surface area (Å²) >= 11 is 0. The van der Waals surface area contributed by atoms with Crippen molar-refractivity contribution in [1.29, 1.82) is 0 Å². The van der Waals surface area contributed by atoms with Crippen LogP contribution in [0.15, 0.2) is 54.6 Å². The van der Waals surface area contributed by atoms with E-state index in [2.05, 4.69) is 5.10 Å². The molecule has 1 aromatic heterocycles. The van der Waals surface area contributed by atoms with Crippen LogP contribution in [0.1, 0.15) is 20.8 Å². The molecule has 0 aliphatic heterocycles. The summed E-state index contributed by atoms with van der Waals surface area (Å²) in [5, 5.41) is 13.8. The Kier molecular flexibility index (Phi) is 3.23. The Labute approximate surface area is 120 Å². The maximum atomic E-state index is 12.2. The minimum atomic E-state index is -1.10. The van der Waals surface area contributed by atoms with Gasteiger partial charge in [0.2, 0.25) is 0 Å². The molecule has 0 fully saturated rings. The zero-order valence-electron chi connectivity index (χ0n) is 11.1. The molecule has 0 atom stereocenters. The van der Waals surface area contributed by atoms with Crippen LogP contribution < -0.4 is 0 Å². The number of Topliss-reactive ketones (excluding diaryl/α,β-unsaturated/α-hetero) is 1. The van der Waals surface area contributed by atoms with Crippen LogP contribution in [-0.2, 0) is 6.54 Å². The summed E-state index contributed by atoms with van der Waals surface area (Å²) in [7, 11) is 0. The Balaban J connectivity index is 2.02. The Hall–Kier alpha value is -2.95. The first-order valence-electron chi connectivity index (χ1n) is 6.44. The minimum absolute atomic E-state index is 0.0117. The van der Waals surface area contributed by atoms with Gasteiger partial charge in [-0.25, -0.2) is 4.79 Å². The number of carbonyl (C=O) groups is 2. The van der Waals surface area contributed by atoms with E-state index < -0.39 is 5.97 Å². The molecule has 1 N–H and O–H groups in total. The number of carboxylic acid groups (broad SMARTS) is 1. The summed E-state index contributed by atoms with van der Waals surface area (Å²) in [4.78, 5) is 23.5. The summed E-state index contributed by atoms with van der Waals surface area (Å²) in [5.41, 5.74) is 1.18. The van der Waals surface area contributed by atoms with Gasteiger partial charge in [-0.3, -0.25) is 9.48 Å². The summed E-state index contributed by atoms with van der Waals surface area (Å²) < 4.78 is 1.44. The maximum absolute atomic E-state index is 12.2. The van der Waals surface area contributed by atoms with Gasteiger partial charge in [0.25, 0.3) is 0 Å². The van der Waals surface area contributed by atoms with Gasteiger partial charge in [-0.15, -0.1) is 0 Å². The van der Waals surface area contributed by atoms with Crippen molar-refractivity contribution >= 4 is 22.7 Å². The van der Waals surface area contributed by atoms with Gasteiger partial charge in [-0.05, 0) is 6.07 Å². The predicted molar refractivity (Wildman–Crippen MR) is 77.5 cm³/mol. The van der Waals surface area contributed by atoms with Crippen LogP contribution in [0.4, 0.5) is 0 Å². The van der Waals surface area contributed by atoms with Crippen molar-refractivity contribution in [2.45, 2.75) is 6.54 Å². The Morgan fingerprint density at radius 1 is 1.00 bits per heavy atom. The molecular formula is C16H12N2O3. The van der Waals surface area contributed by atoms with E-state index in [1.165, 1.54) is 4.68 Å². The molecule has 2 aromatic carbocycles. The van der Waals surface area contributed by atoms with Crippen LogP contribution in [0, 0.1) is 0 Å². The van der Waals surface area contributed by atoms with E-state index in [-0.39, 0.29) is 18.0 Å². The standard InChI is InChI=1S/C16H12N2O3/c19-14(11-6-2-1-3-7-11)10-18-13-9-5-4-8-12(13)15(17-18)16(20)21/h1-9H,10H2,(H,20,21). The number of carbonyl (C=O) groups excluding carboxylic acids is 1. The first-order chi connectivity index (χ1) is 10.2. The molecule has 5 nitrogen and oxygen atoms in total. The smallest absolute Gasteiger partial charge is 0.357 e. The lowest BCUT2D eigenvalue weighted by Gasteiger charge is -2.03. The minimum Gasteiger partial charge on any atom is -0.476 e. The molecule has 0 spiro atoms. The topological polar surface area (TPSA) is 72.2 Å². The molecule has 3 aromatic rings. The quantitative estimate of drug-likeness (QED) is 0.746. The van der Waals surface area contributed by atoms with Gasteiger partial charge in [0.15, 0.2) is 11.5 Å². The summed E-state index contributed by atoms with van der Waals surface area (Å²) in [6.07, 6.45) is 0. The molecule has 0 saturated carbocycles. The number of hydrogen-bond acceptors (Lipinski definition) is 3. The number of ketones is 1. The lowest BCUT2D eigenvalue weighted by molar-refractivity contribution is 0.0690. The number of rotatable bonds is 4. The first kappa shape index (κ1) is 13.1. The van der Waals surface area contributed by atoms with Gasteiger partial charge < -0.3 is 5.11 Å². The van der Waals surface area contributed by atoms with Gasteiger partial charge in [0.05, 0.1) is 5.52 Å². The number of carboxylic acids is 1. The maximum Gasteiger partial charge on any atom is 0.357 e. The summed E-state index contributed by atoms with van der Waals surface area (Å²) in [6, 6.07) is 15.9. The molecule has 0 unspecified atom stereocenters. The van der Waals surface area contributed by atoms with E-state index in [0.29, 0.717) is 16.5 Å². The molecular weight excluding hydrogens is 268 g/mol. The predicted octanol–water partition coefficient (Wildman–Crippen LogP) is 2.62. The van der Waals surface area contributed by atoms with Gasteiger partial charge in [-0.2, -0.15) is 5.10 Å². The second-order valence-corrected chi connectivity index (χ2v) is 4.62. The number of para-hydroxylation sites is 1. The Morgan fingerprint density at radius 2 is 1.67 bits per heavy atom. The van der Waals surface area contributed by atoms with E-state index in [9.17, 15) is 14.7 Å². The number of nitrogens with zero attached hydrogens (tertiary/aromatic N) is 2. The third kappa shape index (κ3) is 2.41. The van der Waals surface area contributed by atoms with Crippen molar-refractivity contribution in [3.63, 3.8) is 0 Å². The van der Waals surface area contributed by atoms with Crippen LogP contribution in [0.2, 0.25) is 0 Å². The van der Waals surface area contributed by atoms with Gasteiger partial charge >= 0.3 is 5.97 Å². The first-order valence-corrected chi connectivity index (χ1v) is 6.44. The summed E-state index contributed by atoms with van der Waals surface area (Å²) in [5.74, 6) is -1.21. The molecule has 104 valence electrons. The SMILES string of the molecule is O=C(Cn1nc(C(=O)O)c2ccccc21)c1ccccc1. The van der Waals surface area contributed by atoms with E-state index in [1.54, 1.807) is 48.5 Å². The highest BCUT2D eigenvalue weighted by Gasteiger charge is 2.17. The van der Waals surface area contributed by atoms with Crippen LogP contribution in [0.25, 0.3) is 10.9 Å². The van der Waals surface area contributed by atoms with Crippen molar-refractivity contribution < 1.29 is 14.7 Å². The fraction of sp³-hybridized carbons (Fsp3) is 0.0625. The van der Waals surface area contributed by atoms with Gasteiger partial charge in [0.1, 0.15) is 6.54 Å². The van der Waals surface area contributed by atoms with Gasteiger partial charge in [-0.1, -0.05) is 48.5 Å². The lowest BCUT2D eigenvalue weighted by atomic mass is 10.1.